The van der Waals surface area contributed by atoms with Gasteiger partial charge in [-0.3, -0.25) is 4.99 Å². The molecular weight excluding hydrogens is 256 g/mol. The van der Waals surface area contributed by atoms with Gasteiger partial charge in [0.25, 0.3) is 0 Å². The molecule has 1 aromatic rings. The maximum Gasteiger partial charge on any atom is 0.122 e. The highest BCUT2D eigenvalue weighted by atomic mass is 16.5. The summed E-state index contributed by atoms with van der Waals surface area (Å²) >= 11 is 0. The van der Waals surface area contributed by atoms with Crippen molar-refractivity contribution in [2.24, 2.45) is 10.9 Å². The summed E-state index contributed by atoms with van der Waals surface area (Å²) in [6.45, 7) is 5.29. The van der Waals surface area contributed by atoms with Crippen LogP contribution < -0.4 is 14.6 Å². The summed E-state index contributed by atoms with van der Waals surface area (Å²) in [7, 11) is 4.73. The summed E-state index contributed by atoms with van der Waals surface area (Å²) in [5, 5.41) is 11.9. The van der Waals surface area contributed by atoms with E-state index in [1.807, 2.05) is 18.2 Å². The van der Waals surface area contributed by atoms with Gasteiger partial charge in [0.1, 0.15) is 11.5 Å². The van der Waals surface area contributed by atoms with Crippen LogP contribution in [0, 0.1) is 5.92 Å². The van der Waals surface area contributed by atoms with Gasteiger partial charge in [-0.1, -0.05) is 13.8 Å². The standard InChI is InChI=1S/C15H24N2O3/c1-11(2)9-17(15(18)16-3)10-12-6-13(19-4)8-14(7-12)20-5/h6-8,11H,9-10H2,1-5H3,(H,16,18)/p-1. The first-order valence-electron chi connectivity index (χ1n) is 6.60. The molecule has 5 nitrogen and oxygen atoms in total. The Labute approximate surface area is 120 Å². The van der Waals surface area contributed by atoms with Crippen molar-refractivity contribution in [3.63, 3.8) is 0 Å². The third-order valence-corrected chi connectivity index (χ3v) is 2.83. The fraction of sp³-hybridized carbons (Fsp3) is 0.533. The SMILES string of the molecule is CN=C([O-])N(Cc1cc(OC)cc(OC)c1)CC(C)C. The van der Waals surface area contributed by atoms with Crippen LogP contribution in [-0.2, 0) is 6.54 Å². The van der Waals surface area contributed by atoms with Crippen molar-refractivity contribution in [2.75, 3.05) is 27.8 Å². The van der Waals surface area contributed by atoms with Crippen molar-refractivity contribution in [3.8, 4) is 11.5 Å². The molecule has 0 N–H and O–H groups in total. The average molecular weight is 279 g/mol. The quantitative estimate of drug-likeness (QED) is 0.585. The molecule has 0 heterocycles. The monoisotopic (exact) mass is 279 g/mol. The Morgan fingerprint density at radius 2 is 1.75 bits per heavy atom. The molecular formula is C15H23N2O3-. The largest absolute Gasteiger partial charge is 0.846 e. The molecule has 0 unspecified atom stereocenters. The van der Waals surface area contributed by atoms with Crippen molar-refractivity contribution in [1.29, 1.82) is 0 Å². The molecule has 1 aromatic carbocycles. The van der Waals surface area contributed by atoms with Crippen LogP contribution in [0.4, 0.5) is 0 Å². The maximum absolute atomic E-state index is 11.9. The molecule has 5 heteroatoms. The van der Waals surface area contributed by atoms with E-state index in [2.05, 4.69) is 18.8 Å². The van der Waals surface area contributed by atoms with Crippen LogP contribution in [0.25, 0.3) is 0 Å². The molecule has 0 radical (unpaired) electrons. The highest BCUT2D eigenvalue weighted by Crippen LogP contribution is 2.23. The second kappa shape index (κ2) is 7.62. The molecule has 0 saturated heterocycles. The van der Waals surface area contributed by atoms with Crippen molar-refractivity contribution >= 4 is 6.02 Å². The Bertz CT molecular complexity index is 436. The molecule has 0 aliphatic heterocycles. The number of hydrogen-bond donors (Lipinski definition) is 0. The molecule has 0 aromatic heterocycles. The van der Waals surface area contributed by atoms with Gasteiger partial charge in [0.2, 0.25) is 0 Å². The van der Waals surface area contributed by atoms with E-state index >= 15 is 0 Å². The number of aliphatic imine (C=N–C) groups is 1. The van der Waals surface area contributed by atoms with E-state index in [4.69, 9.17) is 9.47 Å². The Morgan fingerprint density at radius 1 is 1.20 bits per heavy atom. The van der Waals surface area contributed by atoms with E-state index in [0.717, 1.165) is 5.56 Å². The minimum Gasteiger partial charge on any atom is -0.846 e. The second-order valence-electron chi connectivity index (χ2n) is 5.00. The summed E-state index contributed by atoms with van der Waals surface area (Å²) in [4.78, 5) is 5.47. The van der Waals surface area contributed by atoms with E-state index in [-0.39, 0.29) is 6.02 Å². The number of ether oxygens (including phenoxy) is 2. The Balaban J connectivity index is 2.97. The third-order valence-electron chi connectivity index (χ3n) is 2.83. The van der Waals surface area contributed by atoms with Crippen molar-refractivity contribution in [1.82, 2.24) is 4.90 Å². The van der Waals surface area contributed by atoms with Gasteiger partial charge in [0, 0.05) is 32.2 Å². The zero-order valence-corrected chi connectivity index (χ0v) is 12.8. The second-order valence-corrected chi connectivity index (χ2v) is 5.00. The van der Waals surface area contributed by atoms with Gasteiger partial charge in [0.15, 0.2) is 0 Å². The van der Waals surface area contributed by atoms with E-state index in [0.29, 0.717) is 30.5 Å². The van der Waals surface area contributed by atoms with Crippen LogP contribution in [0.15, 0.2) is 23.2 Å². The number of amidine groups is 1. The predicted octanol–water partition coefficient (Wildman–Crippen LogP) is 1.51. The van der Waals surface area contributed by atoms with Crippen molar-refractivity contribution in [3.05, 3.63) is 23.8 Å². The lowest BCUT2D eigenvalue weighted by Crippen LogP contribution is -2.41. The first kappa shape index (κ1) is 16.1. The first-order valence-corrected chi connectivity index (χ1v) is 6.60. The molecule has 0 fully saturated rings. The molecule has 0 saturated carbocycles. The maximum atomic E-state index is 11.9. The Hall–Kier alpha value is -1.91. The fourth-order valence-electron chi connectivity index (χ4n) is 1.97. The summed E-state index contributed by atoms with van der Waals surface area (Å²) in [5.41, 5.74) is 0.957. The molecule has 0 amide bonds. The number of nitrogens with zero attached hydrogens (tertiary/aromatic N) is 2. The highest BCUT2D eigenvalue weighted by molar-refractivity contribution is 5.69. The highest BCUT2D eigenvalue weighted by Gasteiger charge is 2.09. The van der Waals surface area contributed by atoms with Gasteiger partial charge < -0.3 is 19.5 Å². The third kappa shape index (κ3) is 4.64. The lowest BCUT2D eigenvalue weighted by molar-refractivity contribution is -0.236. The summed E-state index contributed by atoms with van der Waals surface area (Å²) in [6, 6.07) is 5.40. The van der Waals surface area contributed by atoms with Crippen molar-refractivity contribution < 1.29 is 14.6 Å². The number of hydrogen-bond acceptors (Lipinski definition) is 4. The van der Waals surface area contributed by atoms with Crippen LogP contribution in [-0.4, -0.2) is 38.7 Å². The van der Waals surface area contributed by atoms with Gasteiger partial charge in [-0.2, -0.15) is 0 Å². The zero-order valence-electron chi connectivity index (χ0n) is 12.8. The Kier molecular flexibility index (Phi) is 6.15. The van der Waals surface area contributed by atoms with E-state index in [1.165, 1.54) is 7.05 Å². The van der Waals surface area contributed by atoms with E-state index in [9.17, 15) is 5.11 Å². The lowest BCUT2D eigenvalue weighted by Gasteiger charge is -2.31. The molecule has 0 bridgehead atoms. The molecule has 112 valence electrons. The minimum absolute atomic E-state index is 0.208. The minimum atomic E-state index is -0.208. The molecule has 0 aliphatic carbocycles. The van der Waals surface area contributed by atoms with Crippen LogP contribution in [0.5, 0.6) is 11.5 Å². The van der Waals surface area contributed by atoms with Gasteiger partial charge in [-0.15, -0.1) is 0 Å². The summed E-state index contributed by atoms with van der Waals surface area (Å²) in [6.07, 6.45) is 0. The van der Waals surface area contributed by atoms with Crippen LogP contribution in [0.1, 0.15) is 19.4 Å². The number of rotatable bonds is 6. The van der Waals surface area contributed by atoms with Gasteiger partial charge in [0.05, 0.1) is 14.2 Å². The topological polar surface area (TPSA) is 57.1 Å². The Morgan fingerprint density at radius 3 is 2.15 bits per heavy atom. The molecule has 0 aliphatic rings. The normalized spacial score (nSPS) is 11.6. The number of benzene rings is 1. The van der Waals surface area contributed by atoms with Gasteiger partial charge in [-0.05, 0) is 23.6 Å². The summed E-state index contributed by atoms with van der Waals surface area (Å²) < 4.78 is 10.5. The fourth-order valence-corrected chi connectivity index (χ4v) is 1.97. The zero-order chi connectivity index (χ0) is 15.1. The smallest absolute Gasteiger partial charge is 0.122 e. The lowest BCUT2D eigenvalue weighted by atomic mass is 10.1. The van der Waals surface area contributed by atoms with Crippen LogP contribution >= 0.6 is 0 Å². The van der Waals surface area contributed by atoms with Gasteiger partial charge >= 0.3 is 0 Å². The van der Waals surface area contributed by atoms with E-state index < -0.39 is 0 Å². The first-order chi connectivity index (χ1) is 9.49. The van der Waals surface area contributed by atoms with Crippen LogP contribution in [0.3, 0.4) is 0 Å². The predicted molar refractivity (Wildman–Crippen MR) is 78.2 cm³/mol. The molecule has 0 atom stereocenters. The average Bonchev–Trinajstić information content (AvgIpc) is 2.44. The summed E-state index contributed by atoms with van der Waals surface area (Å²) in [5.74, 6) is 1.81. The molecule has 0 spiro atoms. The van der Waals surface area contributed by atoms with Crippen LogP contribution in [0.2, 0.25) is 0 Å². The van der Waals surface area contributed by atoms with Crippen molar-refractivity contribution in [2.45, 2.75) is 20.4 Å². The number of methoxy groups -OCH3 is 2. The van der Waals surface area contributed by atoms with Gasteiger partial charge in [-0.25, -0.2) is 0 Å². The molecule has 20 heavy (non-hydrogen) atoms. The molecule has 1 rings (SSSR count). The van der Waals surface area contributed by atoms with E-state index in [1.54, 1.807) is 19.1 Å².